The van der Waals surface area contributed by atoms with Gasteiger partial charge in [-0.15, -0.1) is 0 Å². The summed E-state index contributed by atoms with van der Waals surface area (Å²) in [6.07, 6.45) is 1.59. The summed E-state index contributed by atoms with van der Waals surface area (Å²) in [5.74, 6) is 0.949. The predicted molar refractivity (Wildman–Crippen MR) is 130 cm³/mol. The maximum atomic E-state index is 12.8. The summed E-state index contributed by atoms with van der Waals surface area (Å²) in [7, 11) is 0. The Hall–Kier alpha value is -4.07. The Morgan fingerprint density at radius 2 is 1.82 bits per heavy atom. The molecule has 1 heterocycles. The van der Waals surface area contributed by atoms with E-state index in [0.717, 1.165) is 22.1 Å². The molecular weight excluding hydrogens is 434 g/mol. The first-order valence-corrected chi connectivity index (χ1v) is 11.2. The molecule has 1 aliphatic rings. The monoisotopic (exact) mass is 461 g/mol. The van der Waals surface area contributed by atoms with Crippen molar-refractivity contribution in [3.8, 4) is 17.2 Å². The van der Waals surface area contributed by atoms with E-state index in [1.165, 1.54) is 0 Å². The van der Waals surface area contributed by atoms with Gasteiger partial charge in [0.25, 0.3) is 11.8 Å². The van der Waals surface area contributed by atoms with E-state index in [1.807, 2.05) is 57.2 Å². The lowest BCUT2D eigenvalue weighted by Crippen LogP contribution is -2.48. The highest BCUT2D eigenvalue weighted by atomic mass is 16.7. The number of fused-ring (bicyclic) bond motifs is 2. The minimum atomic E-state index is -0.771. The van der Waals surface area contributed by atoms with Gasteiger partial charge in [-0.3, -0.25) is 9.59 Å². The zero-order valence-electron chi connectivity index (χ0n) is 19.3. The number of carbonyl (C=O) groups is 2. The van der Waals surface area contributed by atoms with Crippen molar-refractivity contribution in [3.05, 3.63) is 65.7 Å². The van der Waals surface area contributed by atoms with Gasteiger partial charge in [-0.1, -0.05) is 38.1 Å². The molecule has 8 heteroatoms. The minimum absolute atomic E-state index is 0.124. The van der Waals surface area contributed by atoms with Gasteiger partial charge in [0.15, 0.2) is 11.5 Å². The second kappa shape index (κ2) is 10.2. The molecule has 2 N–H and O–H groups in total. The molecule has 0 aliphatic carbocycles. The second-order valence-corrected chi connectivity index (χ2v) is 8.13. The van der Waals surface area contributed by atoms with Crippen molar-refractivity contribution < 1.29 is 23.8 Å². The Kier molecular flexibility index (Phi) is 6.96. The fourth-order valence-electron chi connectivity index (χ4n) is 3.72. The molecule has 1 atom stereocenters. The van der Waals surface area contributed by atoms with E-state index in [0.29, 0.717) is 23.7 Å². The molecule has 176 valence electrons. The highest BCUT2D eigenvalue weighted by Gasteiger charge is 2.25. The Morgan fingerprint density at radius 1 is 1.06 bits per heavy atom. The first-order chi connectivity index (χ1) is 16.5. The lowest BCUT2D eigenvalue weighted by Gasteiger charge is -2.20. The third-order valence-corrected chi connectivity index (χ3v) is 5.47. The number of hydrogen-bond donors (Lipinski definition) is 2. The molecular formula is C26H27N3O5. The molecule has 0 aromatic heterocycles. The molecule has 2 amide bonds. The van der Waals surface area contributed by atoms with Crippen molar-refractivity contribution in [2.24, 2.45) is 11.0 Å². The van der Waals surface area contributed by atoms with Crippen LogP contribution in [0.4, 0.5) is 0 Å². The van der Waals surface area contributed by atoms with Crippen LogP contribution < -0.4 is 25.0 Å². The maximum absolute atomic E-state index is 12.8. The summed E-state index contributed by atoms with van der Waals surface area (Å²) in [6.45, 7) is 6.35. The average molecular weight is 462 g/mol. The zero-order valence-corrected chi connectivity index (χ0v) is 19.3. The van der Waals surface area contributed by atoms with Gasteiger partial charge in [0.05, 0.1) is 12.8 Å². The first kappa shape index (κ1) is 23.1. The Balaban J connectivity index is 1.45. The number of hydrogen-bond acceptors (Lipinski definition) is 6. The summed E-state index contributed by atoms with van der Waals surface area (Å²) in [5.41, 5.74) is 3.77. The molecule has 3 aromatic rings. The highest BCUT2D eigenvalue weighted by Crippen LogP contribution is 2.32. The Bertz CT molecular complexity index is 1240. The normalized spacial score (nSPS) is 13.3. The summed E-state index contributed by atoms with van der Waals surface area (Å²) in [4.78, 5) is 25.6. The summed E-state index contributed by atoms with van der Waals surface area (Å²) < 4.78 is 16.3. The SMILES string of the molecule is CCOc1ccc(/C=N/NC(=O)[C@@H](NC(=O)c2ccc3c(c2)OCO3)C(C)C)c2ccccc12. The van der Waals surface area contributed by atoms with Crippen molar-refractivity contribution in [1.82, 2.24) is 10.7 Å². The fourth-order valence-corrected chi connectivity index (χ4v) is 3.72. The number of nitrogens with one attached hydrogen (secondary N) is 2. The molecule has 0 radical (unpaired) electrons. The van der Waals surface area contributed by atoms with Crippen LogP contribution in [0.2, 0.25) is 0 Å². The predicted octanol–water partition coefficient (Wildman–Crippen LogP) is 3.87. The minimum Gasteiger partial charge on any atom is -0.493 e. The lowest BCUT2D eigenvalue weighted by molar-refractivity contribution is -0.123. The largest absolute Gasteiger partial charge is 0.493 e. The number of hydrazone groups is 1. The standard InChI is InChI=1S/C26H27N3O5/c1-4-32-21-11-10-18(19-7-5-6-8-20(19)21)14-27-29-26(31)24(16(2)3)28-25(30)17-9-12-22-23(13-17)34-15-33-22/h5-14,16,24H,4,15H2,1-3H3,(H,28,30)(H,29,31)/b27-14+/t24-/m0/s1. The van der Waals surface area contributed by atoms with Crippen LogP contribution >= 0.6 is 0 Å². The highest BCUT2D eigenvalue weighted by molar-refractivity contribution is 6.03. The van der Waals surface area contributed by atoms with Crippen LogP contribution in [-0.2, 0) is 4.79 Å². The first-order valence-electron chi connectivity index (χ1n) is 11.2. The van der Waals surface area contributed by atoms with Crippen LogP contribution in [0.1, 0.15) is 36.7 Å². The van der Waals surface area contributed by atoms with Gasteiger partial charge in [0, 0.05) is 16.5 Å². The number of ether oxygens (including phenoxy) is 3. The lowest BCUT2D eigenvalue weighted by atomic mass is 10.0. The molecule has 3 aromatic carbocycles. The van der Waals surface area contributed by atoms with E-state index < -0.39 is 11.9 Å². The van der Waals surface area contributed by atoms with Crippen LogP contribution in [-0.4, -0.2) is 37.5 Å². The number of nitrogens with zero attached hydrogens (tertiary/aromatic N) is 1. The van der Waals surface area contributed by atoms with Gasteiger partial charge < -0.3 is 19.5 Å². The van der Waals surface area contributed by atoms with Crippen molar-refractivity contribution in [2.75, 3.05) is 13.4 Å². The number of amides is 2. The van der Waals surface area contributed by atoms with E-state index in [2.05, 4.69) is 15.8 Å². The fraction of sp³-hybridized carbons (Fsp3) is 0.269. The molecule has 8 nitrogen and oxygen atoms in total. The zero-order chi connectivity index (χ0) is 24.1. The number of rotatable bonds is 8. The van der Waals surface area contributed by atoms with Crippen molar-refractivity contribution in [2.45, 2.75) is 26.8 Å². The van der Waals surface area contributed by atoms with Crippen molar-refractivity contribution >= 4 is 28.8 Å². The molecule has 0 saturated heterocycles. The van der Waals surface area contributed by atoms with E-state index in [4.69, 9.17) is 14.2 Å². The number of carbonyl (C=O) groups excluding carboxylic acids is 2. The van der Waals surface area contributed by atoms with Gasteiger partial charge >= 0.3 is 0 Å². The van der Waals surface area contributed by atoms with E-state index in [1.54, 1.807) is 24.4 Å². The van der Waals surface area contributed by atoms with Gasteiger partial charge in [0.2, 0.25) is 6.79 Å². The van der Waals surface area contributed by atoms with Crippen molar-refractivity contribution in [3.63, 3.8) is 0 Å². The van der Waals surface area contributed by atoms with Crippen LogP contribution in [0.15, 0.2) is 59.7 Å². The molecule has 0 bridgehead atoms. The van der Waals surface area contributed by atoms with Gasteiger partial charge in [0.1, 0.15) is 11.8 Å². The second-order valence-electron chi connectivity index (χ2n) is 8.13. The average Bonchev–Trinajstić information content (AvgIpc) is 3.31. The van der Waals surface area contributed by atoms with Crippen LogP contribution in [0.5, 0.6) is 17.2 Å². The molecule has 0 saturated carbocycles. The summed E-state index contributed by atoms with van der Waals surface area (Å²) in [6, 6.07) is 15.8. The van der Waals surface area contributed by atoms with E-state index >= 15 is 0 Å². The maximum Gasteiger partial charge on any atom is 0.262 e. The van der Waals surface area contributed by atoms with Crippen LogP contribution in [0.25, 0.3) is 10.8 Å². The Morgan fingerprint density at radius 3 is 2.59 bits per heavy atom. The molecule has 34 heavy (non-hydrogen) atoms. The van der Waals surface area contributed by atoms with E-state index in [-0.39, 0.29) is 18.6 Å². The third-order valence-electron chi connectivity index (χ3n) is 5.47. The Labute approximate surface area is 197 Å². The third kappa shape index (κ3) is 4.96. The topological polar surface area (TPSA) is 98.2 Å². The van der Waals surface area contributed by atoms with Crippen molar-refractivity contribution in [1.29, 1.82) is 0 Å². The molecule has 1 aliphatic heterocycles. The smallest absolute Gasteiger partial charge is 0.262 e. The summed E-state index contributed by atoms with van der Waals surface area (Å²) >= 11 is 0. The molecule has 0 spiro atoms. The molecule has 4 rings (SSSR count). The van der Waals surface area contributed by atoms with E-state index in [9.17, 15) is 9.59 Å². The van der Waals surface area contributed by atoms with Gasteiger partial charge in [-0.05, 0) is 48.6 Å². The molecule has 0 unspecified atom stereocenters. The van der Waals surface area contributed by atoms with Gasteiger partial charge in [-0.25, -0.2) is 5.43 Å². The van der Waals surface area contributed by atoms with Gasteiger partial charge in [-0.2, -0.15) is 5.10 Å². The van der Waals surface area contributed by atoms with Crippen LogP contribution in [0, 0.1) is 5.92 Å². The van der Waals surface area contributed by atoms with Crippen LogP contribution in [0.3, 0.4) is 0 Å². The summed E-state index contributed by atoms with van der Waals surface area (Å²) in [5, 5.41) is 8.86. The quantitative estimate of drug-likeness (QED) is 0.392. The number of benzene rings is 3. The molecule has 0 fully saturated rings.